The molecule has 0 aromatic heterocycles. The van der Waals surface area contributed by atoms with Gasteiger partial charge >= 0.3 is 5.97 Å². The minimum Gasteiger partial charge on any atom is -0.452 e. The molecule has 0 spiro atoms. The SMILES string of the molecule is Cc1ccccc1C(=O)Oc1ccc2c(c1)OC(=Cc1ccc([N+](=O)[O-])cc1)C2=O. The summed E-state index contributed by atoms with van der Waals surface area (Å²) in [6, 6.07) is 17.4. The third-order valence-electron chi connectivity index (χ3n) is 4.62. The van der Waals surface area contributed by atoms with E-state index < -0.39 is 10.9 Å². The molecular formula is C23H15NO6. The largest absolute Gasteiger partial charge is 0.452 e. The van der Waals surface area contributed by atoms with Crippen molar-refractivity contribution in [3.05, 3.63) is 105 Å². The van der Waals surface area contributed by atoms with Gasteiger partial charge in [-0.25, -0.2) is 4.79 Å². The highest BCUT2D eigenvalue weighted by Crippen LogP contribution is 2.35. The first-order valence-corrected chi connectivity index (χ1v) is 9.03. The van der Waals surface area contributed by atoms with Gasteiger partial charge in [0, 0.05) is 18.2 Å². The molecule has 1 heterocycles. The maximum absolute atomic E-state index is 12.6. The molecule has 4 rings (SSSR count). The highest BCUT2D eigenvalue weighted by molar-refractivity contribution is 6.14. The Morgan fingerprint density at radius 3 is 2.50 bits per heavy atom. The van der Waals surface area contributed by atoms with E-state index >= 15 is 0 Å². The van der Waals surface area contributed by atoms with Crippen LogP contribution < -0.4 is 9.47 Å². The predicted octanol–water partition coefficient (Wildman–Crippen LogP) is 4.74. The smallest absolute Gasteiger partial charge is 0.343 e. The van der Waals surface area contributed by atoms with Crippen molar-refractivity contribution in [2.24, 2.45) is 0 Å². The lowest BCUT2D eigenvalue weighted by Gasteiger charge is -2.07. The number of hydrogen-bond donors (Lipinski definition) is 0. The second-order valence-corrected chi connectivity index (χ2v) is 6.65. The molecule has 148 valence electrons. The predicted molar refractivity (Wildman–Crippen MR) is 109 cm³/mol. The van der Waals surface area contributed by atoms with E-state index in [1.54, 1.807) is 12.1 Å². The van der Waals surface area contributed by atoms with Gasteiger partial charge in [0.2, 0.25) is 5.78 Å². The Morgan fingerprint density at radius 1 is 1.07 bits per heavy atom. The number of benzene rings is 3. The number of nitrogens with zero attached hydrogens (tertiary/aromatic N) is 1. The third-order valence-corrected chi connectivity index (χ3v) is 4.62. The van der Waals surface area contributed by atoms with Crippen LogP contribution in [0.3, 0.4) is 0 Å². The lowest BCUT2D eigenvalue weighted by Crippen LogP contribution is -2.10. The number of non-ortho nitro benzene ring substituents is 1. The van der Waals surface area contributed by atoms with Crippen molar-refractivity contribution in [2.75, 3.05) is 0 Å². The summed E-state index contributed by atoms with van der Waals surface area (Å²) >= 11 is 0. The minimum absolute atomic E-state index is 0.0424. The first kappa shape index (κ1) is 19.1. The van der Waals surface area contributed by atoms with Crippen molar-refractivity contribution in [3.63, 3.8) is 0 Å². The Morgan fingerprint density at radius 2 is 1.80 bits per heavy atom. The fraction of sp³-hybridized carbons (Fsp3) is 0.0435. The Balaban J connectivity index is 1.54. The van der Waals surface area contributed by atoms with Crippen LogP contribution in [0.4, 0.5) is 5.69 Å². The molecule has 0 bridgehead atoms. The maximum atomic E-state index is 12.6. The molecule has 7 nitrogen and oxygen atoms in total. The fourth-order valence-electron chi connectivity index (χ4n) is 3.04. The molecule has 0 unspecified atom stereocenters. The number of esters is 1. The van der Waals surface area contributed by atoms with Crippen LogP contribution in [0.25, 0.3) is 6.08 Å². The molecule has 7 heteroatoms. The number of carbonyl (C=O) groups excluding carboxylic acids is 2. The number of fused-ring (bicyclic) bond motifs is 1. The van der Waals surface area contributed by atoms with Gasteiger partial charge in [-0.15, -0.1) is 0 Å². The quantitative estimate of drug-likeness (QED) is 0.206. The van der Waals surface area contributed by atoms with Crippen LogP contribution in [-0.4, -0.2) is 16.7 Å². The number of aryl methyl sites for hydroxylation is 1. The highest BCUT2D eigenvalue weighted by Gasteiger charge is 2.28. The minimum atomic E-state index is -0.501. The van der Waals surface area contributed by atoms with E-state index in [2.05, 4.69) is 0 Å². The van der Waals surface area contributed by atoms with Crippen molar-refractivity contribution in [3.8, 4) is 11.5 Å². The van der Waals surface area contributed by atoms with Crippen LogP contribution in [0.15, 0.2) is 72.5 Å². The van der Waals surface area contributed by atoms with Crippen molar-refractivity contribution >= 4 is 23.5 Å². The zero-order chi connectivity index (χ0) is 21.3. The Hall–Kier alpha value is -4.26. The Labute approximate surface area is 171 Å². The number of ketones is 1. The topological polar surface area (TPSA) is 95.7 Å². The van der Waals surface area contributed by atoms with Crippen LogP contribution in [0.5, 0.6) is 11.5 Å². The molecule has 0 aliphatic carbocycles. The third kappa shape index (κ3) is 3.68. The fourth-order valence-corrected chi connectivity index (χ4v) is 3.04. The summed E-state index contributed by atoms with van der Waals surface area (Å²) in [6.07, 6.45) is 1.51. The van der Waals surface area contributed by atoms with Crippen LogP contribution in [-0.2, 0) is 0 Å². The van der Waals surface area contributed by atoms with Gasteiger partial charge in [-0.1, -0.05) is 18.2 Å². The summed E-state index contributed by atoms with van der Waals surface area (Å²) in [7, 11) is 0. The van der Waals surface area contributed by atoms with Crippen LogP contribution in [0.1, 0.15) is 31.8 Å². The number of allylic oxidation sites excluding steroid dienone is 1. The zero-order valence-corrected chi connectivity index (χ0v) is 15.8. The molecule has 30 heavy (non-hydrogen) atoms. The van der Waals surface area contributed by atoms with E-state index in [0.717, 1.165) is 5.56 Å². The maximum Gasteiger partial charge on any atom is 0.343 e. The first-order chi connectivity index (χ1) is 14.4. The summed E-state index contributed by atoms with van der Waals surface area (Å²) in [4.78, 5) is 35.2. The standard InChI is InChI=1S/C23H15NO6/c1-14-4-2-3-5-18(14)23(26)29-17-10-11-19-20(13-17)30-21(22(19)25)12-15-6-8-16(9-7-15)24(27)28/h2-13H,1H3. The normalized spacial score (nSPS) is 13.6. The summed E-state index contributed by atoms with van der Waals surface area (Å²) in [5, 5.41) is 10.8. The number of nitro benzene ring substituents is 1. The highest BCUT2D eigenvalue weighted by atomic mass is 16.6. The number of rotatable bonds is 4. The number of Topliss-reactive ketones (excluding diaryl/α,β-unsaturated/α-hetero) is 1. The summed E-state index contributed by atoms with van der Waals surface area (Å²) in [5.74, 6) is -0.199. The monoisotopic (exact) mass is 401 g/mol. The summed E-state index contributed by atoms with van der Waals surface area (Å²) < 4.78 is 11.1. The summed E-state index contributed by atoms with van der Waals surface area (Å²) in [5.41, 5.74) is 2.14. The van der Waals surface area contributed by atoms with Crippen molar-refractivity contribution < 1.29 is 24.0 Å². The second kappa shape index (κ2) is 7.63. The van der Waals surface area contributed by atoms with Gasteiger partial charge in [0.25, 0.3) is 5.69 Å². The van der Waals surface area contributed by atoms with Crippen LogP contribution >= 0.6 is 0 Å². The van der Waals surface area contributed by atoms with E-state index in [4.69, 9.17) is 9.47 Å². The lowest BCUT2D eigenvalue weighted by molar-refractivity contribution is -0.384. The number of carbonyl (C=O) groups is 2. The van der Waals surface area contributed by atoms with E-state index in [0.29, 0.717) is 16.7 Å². The van der Waals surface area contributed by atoms with Gasteiger partial charge in [0.15, 0.2) is 5.76 Å². The van der Waals surface area contributed by atoms with Gasteiger partial charge in [0.05, 0.1) is 16.1 Å². The molecule has 0 fully saturated rings. The molecule has 0 radical (unpaired) electrons. The molecule has 3 aromatic rings. The average molecular weight is 401 g/mol. The van der Waals surface area contributed by atoms with Crippen LogP contribution in [0.2, 0.25) is 0 Å². The summed E-state index contributed by atoms with van der Waals surface area (Å²) in [6.45, 7) is 1.82. The second-order valence-electron chi connectivity index (χ2n) is 6.65. The molecule has 0 saturated carbocycles. The lowest BCUT2D eigenvalue weighted by atomic mass is 10.1. The molecule has 0 N–H and O–H groups in total. The molecule has 0 atom stereocenters. The van der Waals surface area contributed by atoms with Gasteiger partial charge in [-0.2, -0.15) is 0 Å². The van der Waals surface area contributed by atoms with Gasteiger partial charge in [-0.3, -0.25) is 14.9 Å². The van der Waals surface area contributed by atoms with Crippen molar-refractivity contribution in [1.29, 1.82) is 0 Å². The molecule has 1 aliphatic rings. The van der Waals surface area contributed by atoms with E-state index in [-0.39, 0.29) is 28.7 Å². The van der Waals surface area contributed by atoms with Crippen molar-refractivity contribution in [1.82, 2.24) is 0 Å². The molecule has 0 saturated heterocycles. The number of hydrogen-bond acceptors (Lipinski definition) is 6. The number of nitro groups is 1. The van der Waals surface area contributed by atoms with Crippen LogP contribution in [0, 0.1) is 17.0 Å². The van der Waals surface area contributed by atoms with Gasteiger partial charge in [0.1, 0.15) is 11.5 Å². The van der Waals surface area contributed by atoms with Gasteiger partial charge in [-0.05, 0) is 54.5 Å². The Kier molecular flexibility index (Phi) is 4.85. The van der Waals surface area contributed by atoms with E-state index in [1.165, 1.54) is 48.5 Å². The number of ether oxygens (including phenoxy) is 2. The molecular weight excluding hydrogens is 386 g/mol. The van der Waals surface area contributed by atoms with Crippen molar-refractivity contribution in [2.45, 2.75) is 6.92 Å². The zero-order valence-electron chi connectivity index (χ0n) is 15.8. The Bertz CT molecular complexity index is 1210. The molecule has 3 aromatic carbocycles. The van der Waals surface area contributed by atoms with E-state index in [9.17, 15) is 19.7 Å². The average Bonchev–Trinajstić information content (AvgIpc) is 3.03. The molecule has 0 amide bonds. The first-order valence-electron chi connectivity index (χ1n) is 9.03. The van der Waals surface area contributed by atoms with Gasteiger partial charge < -0.3 is 9.47 Å². The molecule has 1 aliphatic heterocycles. The van der Waals surface area contributed by atoms with E-state index in [1.807, 2.05) is 19.1 Å².